The third kappa shape index (κ3) is 5.57. The fourth-order valence-corrected chi connectivity index (χ4v) is 4.57. The van der Waals surface area contributed by atoms with Crippen molar-refractivity contribution >= 4 is 21.8 Å². The number of esters is 1. The first-order valence-electron chi connectivity index (χ1n) is 8.90. The van der Waals surface area contributed by atoms with Crippen molar-refractivity contribution in [3.8, 4) is 0 Å². The summed E-state index contributed by atoms with van der Waals surface area (Å²) in [6.45, 7) is 8.73. The van der Waals surface area contributed by atoms with Crippen LogP contribution in [0.5, 0.6) is 0 Å². The van der Waals surface area contributed by atoms with E-state index in [9.17, 15) is 13.2 Å². The van der Waals surface area contributed by atoms with Gasteiger partial charge in [-0.3, -0.25) is 14.7 Å². The Labute approximate surface area is 150 Å². The predicted octanol–water partition coefficient (Wildman–Crippen LogP) is -0.577. The van der Waals surface area contributed by atoms with E-state index >= 15 is 0 Å². The van der Waals surface area contributed by atoms with E-state index in [4.69, 9.17) is 4.74 Å². The van der Waals surface area contributed by atoms with Crippen LogP contribution in [0.25, 0.3) is 0 Å². The second-order valence-electron chi connectivity index (χ2n) is 6.74. The van der Waals surface area contributed by atoms with Crippen LogP contribution in [0, 0.1) is 11.8 Å². The lowest BCUT2D eigenvalue weighted by Gasteiger charge is -2.26. The molecule has 25 heavy (non-hydrogen) atoms. The normalized spacial score (nSPS) is 27.3. The molecular formula is C16H30N4O4S. The average molecular weight is 375 g/mol. The minimum atomic E-state index is -2.84. The molecular weight excluding hydrogens is 344 g/mol. The van der Waals surface area contributed by atoms with Gasteiger partial charge >= 0.3 is 5.97 Å². The van der Waals surface area contributed by atoms with Crippen LogP contribution in [0.15, 0.2) is 4.99 Å². The number of rotatable bonds is 5. The van der Waals surface area contributed by atoms with Crippen LogP contribution in [0.4, 0.5) is 0 Å². The van der Waals surface area contributed by atoms with Crippen LogP contribution in [-0.2, 0) is 19.4 Å². The van der Waals surface area contributed by atoms with Gasteiger partial charge in [-0.1, -0.05) is 6.92 Å². The number of carbonyl (C=O) groups excluding carboxylic acids is 1. The molecule has 2 heterocycles. The molecule has 0 spiro atoms. The van der Waals surface area contributed by atoms with Gasteiger partial charge in [0, 0.05) is 39.3 Å². The average Bonchev–Trinajstić information content (AvgIpc) is 2.96. The molecule has 8 nitrogen and oxygen atoms in total. The first-order valence-corrected chi connectivity index (χ1v) is 10.7. The maximum Gasteiger partial charge on any atom is 0.310 e. The number of ether oxygens (including phenoxy) is 1. The van der Waals surface area contributed by atoms with Gasteiger partial charge in [-0.25, -0.2) is 8.42 Å². The fraction of sp³-hybridized carbons (Fsp3) is 0.875. The predicted molar refractivity (Wildman–Crippen MR) is 97.3 cm³/mol. The van der Waals surface area contributed by atoms with Gasteiger partial charge < -0.3 is 15.0 Å². The van der Waals surface area contributed by atoms with Crippen molar-refractivity contribution in [1.29, 1.82) is 0 Å². The van der Waals surface area contributed by atoms with E-state index in [0.29, 0.717) is 26.2 Å². The maximum atomic E-state index is 11.9. The second kappa shape index (κ2) is 8.84. The van der Waals surface area contributed by atoms with Gasteiger partial charge in [0.05, 0.1) is 31.1 Å². The summed E-state index contributed by atoms with van der Waals surface area (Å²) >= 11 is 0. The molecule has 2 fully saturated rings. The third-order valence-corrected chi connectivity index (χ3v) is 6.47. The zero-order chi connectivity index (χ0) is 18.4. The van der Waals surface area contributed by atoms with Crippen LogP contribution in [0.3, 0.4) is 0 Å². The van der Waals surface area contributed by atoms with Crippen LogP contribution < -0.4 is 5.32 Å². The van der Waals surface area contributed by atoms with E-state index in [0.717, 1.165) is 25.6 Å². The van der Waals surface area contributed by atoms with Crippen LogP contribution >= 0.6 is 0 Å². The number of methoxy groups -OCH3 is 1. The Bertz CT molecular complexity index is 579. The molecule has 2 saturated heterocycles. The highest BCUT2D eigenvalue weighted by molar-refractivity contribution is 7.91. The number of nitrogens with zero attached hydrogens (tertiary/aromatic N) is 3. The first kappa shape index (κ1) is 20.0. The van der Waals surface area contributed by atoms with Crippen molar-refractivity contribution in [2.24, 2.45) is 16.8 Å². The van der Waals surface area contributed by atoms with Gasteiger partial charge in [0.15, 0.2) is 15.8 Å². The number of sulfone groups is 1. The van der Waals surface area contributed by atoms with E-state index < -0.39 is 9.84 Å². The Morgan fingerprint density at radius 1 is 1.28 bits per heavy atom. The first-order chi connectivity index (χ1) is 11.9. The van der Waals surface area contributed by atoms with E-state index in [2.05, 4.69) is 27.0 Å². The molecule has 9 heteroatoms. The number of nitrogens with one attached hydrogen (secondary N) is 1. The molecule has 0 amide bonds. The molecule has 2 aliphatic rings. The van der Waals surface area contributed by atoms with Crippen molar-refractivity contribution < 1.29 is 17.9 Å². The molecule has 0 aliphatic carbocycles. The highest BCUT2D eigenvalue weighted by Gasteiger charge is 2.36. The summed E-state index contributed by atoms with van der Waals surface area (Å²) in [5.74, 6) is 1.22. The quantitative estimate of drug-likeness (QED) is 0.391. The molecule has 0 saturated carbocycles. The third-order valence-electron chi connectivity index (χ3n) is 4.87. The van der Waals surface area contributed by atoms with Gasteiger partial charge in [0.25, 0.3) is 0 Å². The van der Waals surface area contributed by atoms with Crippen molar-refractivity contribution in [1.82, 2.24) is 15.1 Å². The van der Waals surface area contributed by atoms with Crippen molar-refractivity contribution in [2.75, 3.05) is 64.4 Å². The molecule has 2 aliphatic heterocycles. The zero-order valence-electron chi connectivity index (χ0n) is 15.4. The number of hydrogen-bond acceptors (Lipinski definition) is 6. The Kier molecular flexibility index (Phi) is 7.06. The van der Waals surface area contributed by atoms with E-state index in [1.165, 1.54) is 7.11 Å². The summed E-state index contributed by atoms with van der Waals surface area (Å²) < 4.78 is 27.8. The molecule has 0 aromatic rings. The minimum Gasteiger partial charge on any atom is -0.469 e. The minimum absolute atomic E-state index is 0.124. The Hall–Kier alpha value is -1.35. The SMILES string of the molecule is CCNC(=NCCN1CCS(=O)(=O)CC1)N1CC(C)C(C(=O)OC)C1. The summed E-state index contributed by atoms with van der Waals surface area (Å²) in [6.07, 6.45) is 0. The highest BCUT2D eigenvalue weighted by atomic mass is 32.2. The van der Waals surface area contributed by atoms with E-state index in [1.54, 1.807) is 0 Å². The largest absolute Gasteiger partial charge is 0.469 e. The van der Waals surface area contributed by atoms with E-state index in [1.807, 2.05) is 6.92 Å². The van der Waals surface area contributed by atoms with Crippen molar-refractivity contribution in [3.05, 3.63) is 0 Å². The second-order valence-corrected chi connectivity index (χ2v) is 9.04. The monoisotopic (exact) mass is 374 g/mol. The molecule has 0 radical (unpaired) electrons. The van der Waals surface area contributed by atoms with Gasteiger partial charge in [-0.2, -0.15) is 0 Å². The Morgan fingerprint density at radius 2 is 1.96 bits per heavy atom. The Morgan fingerprint density at radius 3 is 2.56 bits per heavy atom. The van der Waals surface area contributed by atoms with Gasteiger partial charge in [0.1, 0.15) is 0 Å². The summed E-state index contributed by atoms with van der Waals surface area (Å²) in [5, 5.41) is 3.28. The van der Waals surface area contributed by atoms with E-state index in [-0.39, 0.29) is 29.3 Å². The lowest BCUT2D eigenvalue weighted by Crippen LogP contribution is -2.43. The number of aliphatic imine (C=N–C) groups is 1. The molecule has 0 aromatic heterocycles. The molecule has 2 unspecified atom stereocenters. The molecule has 0 aromatic carbocycles. The lowest BCUT2D eigenvalue weighted by molar-refractivity contribution is -0.145. The summed E-state index contributed by atoms with van der Waals surface area (Å²) in [7, 11) is -1.42. The molecule has 2 atom stereocenters. The molecule has 1 N–H and O–H groups in total. The Balaban J connectivity index is 1.89. The van der Waals surface area contributed by atoms with Crippen LogP contribution in [0.1, 0.15) is 13.8 Å². The molecule has 2 rings (SSSR count). The molecule has 144 valence electrons. The van der Waals surface area contributed by atoms with Gasteiger partial charge in [-0.05, 0) is 12.8 Å². The summed E-state index contributed by atoms with van der Waals surface area (Å²) in [5.41, 5.74) is 0. The summed E-state index contributed by atoms with van der Waals surface area (Å²) in [6, 6.07) is 0. The summed E-state index contributed by atoms with van der Waals surface area (Å²) in [4.78, 5) is 20.8. The van der Waals surface area contributed by atoms with Crippen molar-refractivity contribution in [3.63, 3.8) is 0 Å². The number of carbonyl (C=O) groups is 1. The number of likely N-dealkylation sites (tertiary alicyclic amines) is 1. The zero-order valence-corrected chi connectivity index (χ0v) is 16.2. The molecule has 0 bridgehead atoms. The fourth-order valence-electron chi connectivity index (χ4n) is 3.29. The topological polar surface area (TPSA) is 91.3 Å². The highest BCUT2D eigenvalue weighted by Crippen LogP contribution is 2.24. The van der Waals surface area contributed by atoms with Crippen LogP contribution in [-0.4, -0.2) is 94.6 Å². The smallest absolute Gasteiger partial charge is 0.310 e. The lowest BCUT2D eigenvalue weighted by atomic mass is 9.99. The number of hydrogen-bond donors (Lipinski definition) is 1. The standard InChI is InChI=1S/C16H30N4O4S/c1-4-17-16(20-11-13(2)14(12-20)15(21)24-3)18-5-6-19-7-9-25(22,23)10-8-19/h13-14H,4-12H2,1-3H3,(H,17,18). The van der Waals surface area contributed by atoms with Crippen molar-refractivity contribution in [2.45, 2.75) is 13.8 Å². The van der Waals surface area contributed by atoms with Gasteiger partial charge in [0.2, 0.25) is 0 Å². The van der Waals surface area contributed by atoms with Crippen LogP contribution in [0.2, 0.25) is 0 Å². The maximum absolute atomic E-state index is 11.9. The van der Waals surface area contributed by atoms with Gasteiger partial charge in [-0.15, -0.1) is 0 Å². The number of guanidine groups is 1.